The smallest absolute Gasteiger partial charge is 0.342 e. The van der Waals surface area contributed by atoms with Gasteiger partial charge in [-0.1, -0.05) is 0 Å². The molecule has 18 heavy (non-hydrogen) atoms. The van der Waals surface area contributed by atoms with Crippen molar-refractivity contribution in [3.8, 4) is 0 Å². The highest BCUT2D eigenvalue weighted by molar-refractivity contribution is 5.86. The fraction of sp³-hybridized carbons (Fsp3) is 0.545. The van der Waals surface area contributed by atoms with Crippen LogP contribution in [0.2, 0.25) is 0 Å². The van der Waals surface area contributed by atoms with Gasteiger partial charge in [-0.25, -0.2) is 9.59 Å². The lowest BCUT2D eigenvalue weighted by Crippen LogP contribution is -2.33. The van der Waals surface area contributed by atoms with Crippen molar-refractivity contribution in [2.45, 2.75) is 19.4 Å². The maximum atomic E-state index is 11.4. The van der Waals surface area contributed by atoms with Crippen molar-refractivity contribution in [3.05, 3.63) is 32.6 Å². The van der Waals surface area contributed by atoms with E-state index in [2.05, 4.69) is 0 Å². The number of rotatable bonds is 6. The van der Waals surface area contributed by atoms with Crippen LogP contribution in [0.4, 0.5) is 0 Å². The van der Waals surface area contributed by atoms with Gasteiger partial charge < -0.3 is 10.0 Å². The molecule has 0 bridgehead atoms. The van der Waals surface area contributed by atoms with Crippen LogP contribution in [0.25, 0.3) is 0 Å². The van der Waals surface area contributed by atoms with E-state index in [-0.39, 0.29) is 0 Å². The Morgan fingerprint density at radius 1 is 1.39 bits per heavy atom. The summed E-state index contributed by atoms with van der Waals surface area (Å²) in [7, 11) is 3.91. The van der Waals surface area contributed by atoms with Gasteiger partial charge in [-0.3, -0.25) is 14.3 Å². The standard InChI is InChI=1S/C11H17N3O4/c1-13(2)5-3-4-6-14-7-8(10(16)17)9(15)12-11(14)18/h7H,3-6H2,1-2H3,(H,16,17)(H,12,15,18). The van der Waals surface area contributed by atoms with Crippen molar-refractivity contribution in [1.29, 1.82) is 0 Å². The first-order chi connectivity index (χ1) is 8.41. The van der Waals surface area contributed by atoms with Gasteiger partial charge >= 0.3 is 11.7 Å². The molecule has 0 aliphatic rings. The number of aryl methyl sites for hydroxylation is 1. The van der Waals surface area contributed by atoms with Crippen LogP contribution >= 0.6 is 0 Å². The average Bonchev–Trinajstić information content (AvgIpc) is 2.25. The lowest BCUT2D eigenvalue weighted by Gasteiger charge is -2.09. The van der Waals surface area contributed by atoms with Gasteiger partial charge in [-0.2, -0.15) is 0 Å². The van der Waals surface area contributed by atoms with Gasteiger partial charge in [0.05, 0.1) is 0 Å². The Hall–Kier alpha value is -1.89. The molecular formula is C11H17N3O4. The first kappa shape index (κ1) is 14.2. The quantitative estimate of drug-likeness (QED) is 0.673. The van der Waals surface area contributed by atoms with Crippen molar-refractivity contribution < 1.29 is 9.90 Å². The third kappa shape index (κ3) is 3.85. The van der Waals surface area contributed by atoms with Crippen LogP contribution < -0.4 is 11.2 Å². The van der Waals surface area contributed by atoms with E-state index in [0.29, 0.717) is 6.54 Å². The Bertz CT molecular complexity index is 530. The summed E-state index contributed by atoms with van der Waals surface area (Å²) in [4.78, 5) is 37.4. The van der Waals surface area contributed by atoms with E-state index in [1.165, 1.54) is 4.57 Å². The largest absolute Gasteiger partial charge is 0.477 e. The molecular weight excluding hydrogens is 238 g/mol. The minimum Gasteiger partial charge on any atom is -0.477 e. The first-order valence-corrected chi connectivity index (χ1v) is 5.63. The number of nitrogens with one attached hydrogen (secondary N) is 1. The number of unbranched alkanes of at least 4 members (excludes halogenated alkanes) is 1. The molecule has 1 aromatic heterocycles. The number of carboxylic acid groups (broad SMARTS) is 1. The van der Waals surface area contributed by atoms with Crippen molar-refractivity contribution in [2.75, 3.05) is 20.6 Å². The lowest BCUT2D eigenvalue weighted by molar-refractivity contribution is 0.0693. The van der Waals surface area contributed by atoms with E-state index < -0.39 is 22.8 Å². The molecule has 0 unspecified atom stereocenters. The highest BCUT2D eigenvalue weighted by Gasteiger charge is 2.11. The molecule has 0 saturated heterocycles. The van der Waals surface area contributed by atoms with E-state index in [1.54, 1.807) is 0 Å². The summed E-state index contributed by atoms with van der Waals surface area (Å²) < 4.78 is 1.22. The zero-order valence-electron chi connectivity index (χ0n) is 10.5. The zero-order valence-corrected chi connectivity index (χ0v) is 10.5. The van der Waals surface area contributed by atoms with Gasteiger partial charge in [0, 0.05) is 12.7 Å². The summed E-state index contributed by atoms with van der Waals surface area (Å²) in [6.45, 7) is 1.29. The Balaban J connectivity index is 2.77. The van der Waals surface area contributed by atoms with Gasteiger partial charge in [-0.05, 0) is 33.5 Å². The summed E-state index contributed by atoms with van der Waals surface area (Å²) in [5.41, 5.74) is -1.85. The number of aromatic carboxylic acids is 1. The Labute approximate surface area is 104 Å². The number of hydrogen-bond acceptors (Lipinski definition) is 4. The number of carbonyl (C=O) groups is 1. The van der Waals surface area contributed by atoms with Crippen LogP contribution in [0, 0.1) is 0 Å². The van der Waals surface area contributed by atoms with Crippen LogP contribution in [0.5, 0.6) is 0 Å². The van der Waals surface area contributed by atoms with Gasteiger partial charge in [0.2, 0.25) is 0 Å². The molecule has 100 valence electrons. The monoisotopic (exact) mass is 255 g/mol. The SMILES string of the molecule is CN(C)CCCCn1cc(C(=O)O)c(=O)[nH]c1=O. The first-order valence-electron chi connectivity index (χ1n) is 5.63. The fourth-order valence-electron chi connectivity index (χ4n) is 1.54. The highest BCUT2D eigenvalue weighted by atomic mass is 16.4. The van der Waals surface area contributed by atoms with Crippen LogP contribution in [0.1, 0.15) is 23.2 Å². The van der Waals surface area contributed by atoms with Crippen molar-refractivity contribution >= 4 is 5.97 Å². The van der Waals surface area contributed by atoms with Crippen LogP contribution in [0.15, 0.2) is 15.8 Å². The van der Waals surface area contributed by atoms with Gasteiger partial charge in [0.15, 0.2) is 0 Å². The normalized spacial score (nSPS) is 10.8. The Kier molecular flexibility index (Phi) is 4.85. The second kappa shape index (κ2) is 6.15. The number of hydrogen-bond donors (Lipinski definition) is 2. The number of aromatic nitrogens is 2. The molecule has 0 aliphatic heterocycles. The van der Waals surface area contributed by atoms with Gasteiger partial charge in [0.25, 0.3) is 5.56 Å². The predicted octanol–water partition coefficient (Wildman–Crippen LogP) is -0.423. The molecule has 0 saturated carbocycles. The number of carboxylic acids is 1. The summed E-state index contributed by atoms with van der Waals surface area (Å²) in [5, 5.41) is 8.78. The summed E-state index contributed by atoms with van der Waals surface area (Å²) >= 11 is 0. The Morgan fingerprint density at radius 2 is 2.06 bits per heavy atom. The third-order valence-corrected chi connectivity index (χ3v) is 2.50. The average molecular weight is 255 g/mol. The third-order valence-electron chi connectivity index (χ3n) is 2.50. The summed E-state index contributed by atoms with van der Waals surface area (Å²) in [6, 6.07) is 0. The number of aromatic amines is 1. The van der Waals surface area contributed by atoms with Crippen molar-refractivity contribution in [2.24, 2.45) is 0 Å². The van der Waals surface area contributed by atoms with Crippen LogP contribution in [-0.4, -0.2) is 46.2 Å². The second-order valence-corrected chi connectivity index (χ2v) is 4.31. The number of nitrogens with zero attached hydrogens (tertiary/aromatic N) is 2. The molecule has 1 aromatic rings. The topological polar surface area (TPSA) is 95.4 Å². The molecule has 2 N–H and O–H groups in total. The van der Waals surface area contributed by atoms with E-state index in [9.17, 15) is 14.4 Å². The van der Waals surface area contributed by atoms with E-state index in [1.807, 2.05) is 24.0 Å². The number of H-pyrrole nitrogens is 1. The molecule has 7 heteroatoms. The zero-order chi connectivity index (χ0) is 13.7. The molecule has 1 heterocycles. The van der Waals surface area contributed by atoms with Gasteiger partial charge in [-0.15, -0.1) is 0 Å². The Morgan fingerprint density at radius 3 is 2.61 bits per heavy atom. The van der Waals surface area contributed by atoms with Crippen molar-refractivity contribution in [1.82, 2.24) is 14.5 Å². The summed E-state index contributed by atoms with van der Waals surface area (Å²) in [6.07, 6.45) is 2.73. The van der Waals surface area contributed by atoms with Crippen LogP contribution in [-0.2, 0) is 6.54 Å². The van der Waals surface area contributed by atoms with Crippen LogP contribution in [0.3, 0.4) is 0 Å². The molecule has 0 aliphatic carbocycles. The van der Waals surface area contributed by atoms with E-state index in [4.69, 9.17) is 5.11 Å². The molecule has 7 nitrogen and oxygen atoms in total. The predicted molar refractivity (Wildman–Crippen MR) is 66.1 cm³/mol. The second-order valence-electron chi connectivity index (χ2n) is 4.31. The molecule has 0 amide bonds. The van der Waals surface area contributed by atoms with Gasteiger partial charge in [0.1, 0.15) is 5.56 Å². The minimum atomic E-state index is -1.33. The molecule has 0 aromatic carbocycles. The minimum absolute atomic E-state index is 0.393. The molecule has 0 radical (unpaired) electrons. The molecule has 0 spiro atoms. The maximum Gasteiger partial charge on any atom is 0.342 e. The van der Waals surface area contributed by atoms with Crippen molar-refractivity contribution in [3.63, 3.8) is 0 Å². The highest BCUT2D eigenvalue weighted by Crippen LogP contribution is 1.95. The van der Waals surface area contributed by atoms with E-state index >= 15 is 0 Å². The molecule has 0 fully saturated rings. The summed E-state index contributed by atoms with van der Waals surface area (Å²) in [5.74, 6) is -1.33. The fourth-order valence-corrected chi connectivity index (χ4v) is 1.54. The molecule has 1 rings (SSSR count). The molecule has 0 atom stereocenters. The lowest BCUT2D eigenvalue weighted by atomic mass is 10.3. The van der Waals surface area contributed by atoms with E-state index in [0.717, 1.165) is 25.6 Å². The maximum absolute atomic E-state index is 11.4.